The Bertz CT molecular complexity index is 500. The van der Waals surface area contributed by atoms with Crippen molar-refractivity contribution in [3.8, 4) is 0 Å². The summed E-state index contributed by atoms with van der Waals surface area (Å²) in [4.78, 5) is 16.3. The molecule has 0 fully saturated rings. The quantitative estimate of drug-likeness (QED) is 0.837. The van der Waals surface area contributed by atoms with Crippen LogP contribution in [0.25, 0.3) is 0 Å². The molecule has 0 aromatic carbocycles. The maximum absolute atomic E-state index is 5.88. The molecule has 0 radical (unpaired) electrons. The van der Waals surface area contributed by atoms with Gasteiger partial charge in [0.25, 0.3) is 0 Å². The Kier molecular flexibility index (Phi) is 3.53. The molecule has 0 saturated heterocycles. The van der Waals surface area contributed by atoms with E-state index < -0.39 is 0 Å². The zero-order chi connectivity index (χ0) is 12.3. The van der Waals surface area contributed by atoms with E-state index in [-0.39, 0.29) is 5.92 Å². The Labute approximate surface area is 104 Å². The second kappa shape index (κ2) is 5.09. The van der Waals surface area contributed by atoms with E-state index >= 15 is 0 Å². The summed E-state index contributed by atoms with van der Waals surface area (Å²) < 4.78 is 0. The van der Waals surface area contributed by atoms with Gasteiger partial charge in [-0.05, 0) is 23.7 Å². The molecule has 0 bridgehead atoms. The lowest BCUT2D eigenvalue weighted by Crippen LogP contribution is -2.03. The van der Waals surface area contributed by atoms with Crippen LogP contribution in [0.3, 0.4) is 0 Å². The van der Waals surface area contributed by atoms with Crippen LogP contribution < -0.4 is 5.73 Å². The average Bonchev–Trinajstić information content (AvgIpc) is 2.30. The highest BCUT2D eigenvalue weighted by Gasteiger charge is 2.14. The molecule has 2 N–H and O–H groups in total. The Hall–Kier alpha value is -1.69. The number of nitrogens with two attached hydrogens (primary N) is 1. The first-order valence-corrected chi connectivity index (χ1v) is 6.04. The predicted molar refractivity (Wildman–Crippen MR) is 66.7 cm³/mol. The van der Waals surface area contributed by atoms with E-state index in [9.17, 15) is 0 Å². The molecule has 0 aliphatic carbocycles. The summed E-state index contributed by atoms with van der Waals surface area (Å²) in [6, 6.07) is 1.84. The summed E-state index contributed by atoms with van der Waals surface area (Å²) in [5.41, 5.74) is 6.85. The van der Waals surface area contributed by atoms with Gasteiger partial charge in [-0.25, -0.2) is 19.9 Å². The van der Waals surface area contributed by atoms with Crippen LogP contribution in [0.15, 0.2) is 35.0 Å². The molecule has 0 unspecified atom stereocenters. The van der Waals surface area contributed by atoms with Gasteiger partial charge in [0.05, 0.1) is 0 Å². The van der Waals surface area contributed by atoms with Gasteiger partial charge in [-0.3, -0.25) is 0 Å². The van der Waals surface area contributed by atoms with Gasteiger partial charge in [-0.15, -0.1) is 0 Å². The molecule has 0 atom stereocenters. The molecule has 0 saturated carbocycles. The van der Waals surface area contributed by atoms with E-state index in [4.69, 9.17) is 5.73 Å². The van der Waals surface area contributed by atoms with Gasteiger partial charge in [-0.2, -0.15) is 0 Å². The van der Waals surface area contributed by atoms with Crippen molar-refractivity contribution in [1.82, 2.24) is 19.9 Å². The highest BCUT2D eigenvalue weighted by molar-refractivity contribution is 7.99. The van der Waals surface area contributed by atoms with E-state index in [2.05, 4.69) is 33.8 Å². The maximum atomic E-state index is 5.88. The number of nitrogen functional groups attached to an aromatic ring is 1. The molecular formula is C11H13N5S. The highest BCUT2D eigenvalue weighted by Crippen LogP contribution is 2.33. The van der Waals surface area contributed by atoms with Crippen molar-refractivity contribution in [3.63, 3.8) is 0 Å². The van der Waals surface area contributed by atoms with Crippen molar-refractivity contribution in [2.24, 2.45) is 0 Å². The van der Waals surface area contributed by atoms with E-state index in [0.717, 1.165) is 15.6 Å². The van der Waals surface area contributed by atoms with Crippen LogP contribution >= 0.6 is 11.8 Å². The van der Waals surface area contributed by atoms with Crippen molar-refractivity contribution in [2.75, 3.05) is 5.73 Å². The molecule has 2 aromatic heterocycles. The highest BCUT2D eigenvalue weighted by atomic mass is 32.2. The molecule has 88 valence electrons. The molecule has 0 amide bonds. The van der Waals surface area contributed by atoms with E-state index in [1.807, 2.05) is 6.07 Å². The van der Waals surface area contributed by atoms with Crippen molar-refractivity contribution in [1.29, 1.82) is 0 Å². The van der Waals surface area contributed by atoms with Crippen molar-refractivity contribution < 1.29 is 0 Å². The van der Waals surface area contributed by atoms with Crippen molar-refractivity contribution in [3.05, 3.63) is 30.5 Å². The minimum absolute atomic E-state index is 0.278. The van der Waals surface area contributed by atoms with E-state index in [0.29, 0.717) is 5.82 Å². The fraction of sp³-hybridized carbons (Fsp3) is 0.273. The molecule has 0 spiro atoms. The summed E-state index contributed by atoms with van der Waals surface area (Å²) in [6.07, 6.45) is 4.70. The smallest absolute Gasteiger partial charge is 0.131 e. The Morgan fingerprint density at radius 2 is 2.00 bits per heavy atom. The first-order valence-electron chi connectivity index (χ1n) is 5.22. The molecular weight excluding hydrogens is 234 g/mol. The van der Waals surface area contributed by atoms with Crippen LogP contribution in [0.2, 0.25) is 0 Å². The Morgan fingerprint density at radius 3 is 2.65 bits per heavy atom. The van der Waals surface area contributed by atoms with Gasteiger partial charge < -0.3 is 5.73 Å². The molecule has 0 aliphatic rings. The predicted octanol–water partition coefficient (Wildman–Crippen LogP) is 2.12. The second-order valence-electron chi connectivity index (χ2n) is 3.78. The molecule has 5 nitrogen and oxygen atoms in total. The minimum Gasteiger partial charge on any atom is -0.383 e. The third-order valence-electron chi connectivity index (χ3n) is 2.21. The number of rotatable bonds is 3. The van der Waals surface area contributed by atoms with Gasteiger partial charge >= 0.3 is 0 Å². The van der Waals surface area contributed by atoms with Crippen LogP contribution in [0.1, 0.15) is 25.3 Å². The first-order chi connectivity index (χ1) is 8.18. The molecule has 6 heteroatoms. The first kappa shape index (κ1) is 11.8. The van der Waals surface area contributed by atoms with Crippen LogP contribution in [-0.4, -0.2) is 19.9 Å². The fourth-order valence-electron chi connectivity index (χ4n) is 1.45. The molecule has 2 rings (SSSR count). The molecule has 0 aliphatic heterocycles. The summed E-state index contributed by atoms with van der Waals surface area (Å²) in [7, 11) is 0. The van der Waals surface area contributed by atoms with Crippen molar-refractivity contribution in [2.45, 2.75) is 29.8 Å². The summed E-state index contributed by atoms with van der Waals surface area (Å²) >= 11 is 1.47. The van der Waals surface area contributed by atoms with E-state index in [1.165, 1.54) is 24.4 Å². The molecule has 17 heavy (non-hydrogen) atoms. The van der Waals surface area contributed by atoms with Gasteiger partial charge in [0.1, 0.15) is 28.5 Å². The lowest BCUT2D eigenvalue weighted by Gasteiger charge is -2.12. The Balaban J connectivity index is 2.36. The third kappa shape index (κ3) is 2.71. The topological polar surface area (TPSA) is 77.6 Å². The van der Waals surface area contributed by atoms with Gasteiger partial charge in [-0.1, -0.05) is 13.8 Å². The normalized spacial score (nSPS) is 10.8. The number of hydrogen-bond donors (Lipinski definition) is 1. The fourth-order valence-corrected chi connectivity index (χ4v) is 2.43. The van der Waals surface area contributed by atoms with Gasteiger partial charge in [0.2, 0.25) is 0 Å². The number of aromatic nitrogens is 4. The zero-order valence-electron chi connectivity index (χ0n) is 9.66. The van der Waals surface area contributed by atoms with Gasteiger partial charge in [0.15, 0.2) is 0 Å². The van der Waals surface area contributed by atoms with Crippen LogP contribution in [0.4, 0.5) is 5.82 Å². The third-order valence-corrected chi connectivity index (χ3v) is 3.18. The largest absolute Gasteiger partial charge is 0.383 e. The monoisotopic (exact) mass is 247 g/mol. The maximum Gasteiger partial charge on any atom is 0.131 e. The molecule has 2 heterocycles. The summed E-state index contributed by atoms with van der Waals surface area (Å²) in [6.45, 7) is 4.14. The van der Waals surface area contributed by atoms with Crippen LogP contribution in [0.5, 0.6) is 0 Å². The second-order valence-corrected chi connectivity index (χ2v) is 4.79. The average molecular weight is 247 g/mol. The SMILES string of the molecule is CC(C)c1c(N)ncnc1Sc1ccncn1. The van der Waals surface area contributed by atoms with Crippen molar-refractivity contribution >= 4 is 17.6 Å². The number of hydrogen-bond acceptors (Lipinski definition) is 6. The van der Waals surface area contributed by atoms with Gasteiger partial charge in [0, 0.05) is 11.8 Å². The van der Waals surface area contributed by atoms with E-state index in [1.54, 1.807) is 6.20 Å². The summed E-state index contributed by atoms with van der Waals surface area (Å²) in [5, 5.41) is 1.70. The summed E-state index contributed by atoms with van der Waals surface area (Å²) in [5.74, 6) is 0.812. The standard InChI is InChI=1S/C11H13N5S/c1-7(2)9-10(12)15-6-16-11(9)17-8-3-4-13-5-14-8/h3-7H,1-2H3,(H2,12,15,16). The number of nitrogens with zero attached hydrogens (tertiary/aromatic N) is 4. The minimum atomic E-state index is 0.278. The zero-order valence-corrected chi connectivity index (χ0v) is 10.5. The lowest BCUT2D eigenvalue weighted by molar-refractivity contribution is 0.808. The number of anilines is 1. The molecule has 2 aromatic rings. The lowest BCUT2D eigenvalue weighted by atomic mass is 10.1. The van der Waals surface area contributed by atoms with Crippen LogP contribution in [-0.2, 0) is 0 Å². The Morgan fingerprint density at radius 1 is 1.18 bits per heavy atom. The van der Waals surface area contributed by atoms with Crippen LogP contribution in [0, 0.1) is 0 Å².